The zero-order valence-electron chi connectivity index (χ0n) is 8.94. The molecule has 1 aromatic carbocycles. The largest absolute Gasteiger partial charge is 0.480 e. The number of rotatable bonds is 2. The number of carboxylic acids is 1. The molecule has 0 atom stereocenters. The molecule has 0 radical (unpaired) electrons. The first-order valence-corrected chi connectivity index (χ1v) is 5.51. The normalized spacial score (nSPS) is 14.9. The molecule has 0 aromatic heterocycles. The molecule has 5 nitrogen and oxygen atoms in total. The van der Waals surface area contributed by atoms with E-state index in [0.29, 0.717) is 22.9 Å². The van der Waals surface area contributed by atoms with E-state index in [1.807, 2.05) is 0 Å². The Bertz CT molecular complexity index is 476. The van der Waals surface area contributed by atoms with Crippen LogP contribution in [0.1, 0.15) is 6.42 Å². The number of carboxylic acid groups (broad SMARTS) is 1. The van der Waals surface area contributed by atoms with Crippen LogP contribution in [-0.2, 0) is 9.59 Å². The second-order valence-corrected chi connectivity index (χ2v) is 4.15. The number of anilines is 2. The molecule has 6 heteroatoms. The van der Waals surface area contributed by atoms with E-state index in [4.69, 9.17) is 16.7 Å². The predicted octanol–water partition coefficient (Wildman–Crippen LogP) is 1.57. The molecule has 0 fully saturated rings. The highest BCUT2D eigenvalue weighted by atomic mass is 35.5. The van der Waals surface area contributed by atoms with Gasteiger partial charge in [0, 0.05) is 13.0 Å². The number of nitrogens with one attached hydrogen (secondary N) is 1. The minimum absolute atomic E-state index is 0.150. The summed E-state index contributed by atoms with van der Waals surface area (Å²) in [5, 5.41) is 11.9. The standard InChI is InChI=1S/C11H11ClN2O3/c12-7-2-1-3-8-11(7)13-9(15)4-5-14(8)6-10(16)17/h1-3H,4-6H2,(H,13,15)(H,16,17). The first-order chi connectivity index (χ1) is 8.08. The summed E-state index contributed by atoms with van der Waals surface area (Å²) < 4.78 is 0. The van der Waals surface area contributed by atoms with Crippen molar-refractivity contribution in [3.8, 4) is 0 Å². The van der Waals surface area contributed by atoms with Crippen LogP contribution in [0.2, 0.25) is 5.02 Å². The lowest BCUT2D eigenvalue weighted by molar-refractivity contribution is -0.135. The number of carbonyl (C=O) groups excluding carboxylic acids is 1. The topological polar surface area (TPSA) is 69.6 Å². The number of benzene rings is 1. The van der Waals surface area contributed by atoms with Crippen molar-refractivity contribution in [2.24, 2.45) is 0 Å². The third-order valence-electron chi connectivity index (χ3n) is 2.53. The molecule has 2 rings (SSSR count). The molecular weight excluding hydrogens is 244 g/mol. The van der Waals surface area contributed by atoms with Crippen LogP contribution in [0.15, 0.2) is 18.2 Å². The van der Waals surface area contributed by atoms with Gasteiger partial charge in [0.1, 0.15) is 6.54 Å². The van der Waals surface area contributed by atoms with Gasteiger partial charge < -0.3 is 15.3 Å². The Morgan fingerprint density at radius 1 is 1.53 bits per heavy atom. The molecule has 0 bridgehead atoms. The number of nitrogens with zero attached hydrogens (tertiary/aromatic N) is 1. The van der Waals surface area contributed by atoms with Crippen LogP contribution in [0.5, 0.6) is 0 Å². The van der Waals surface area contributed by atoms with Crippen molar-refractivity contribution in [3.05, 3.63) is 23.2 Å². The molecule has 2 N–H and O–H groups in total. The van der Waals surface area contributed by atoms with E-state index in [1.165, 1.54) is 0 Å². The van der Waals surface area contributed by atoms with Crippen LogP contribution >= 0.6 is 11.6 Å². The Morgan fingerprint density at radius 2 is 2.29 bits per heavy atom. The second kappa shape index (κ2) is 4.63. The van der Waals surface area contributed by atoms with E-state index in [-0.39, 0.29) is 18.9 Å². The van der Waals surface area contributed by atoms with Crippen molar-refractivity contribution in [1.82, 2.24) is 0 Å². The summed E-state index contributed by atoms with van der Waals surface area (Å²) in [5.74, 6) is -1.10. The first kappa shape index (κ1) is 11.7. The van der Waals surface area contributed by atoms with Gasteiger partial charge >= 0.3 is 5.97 Å². The van der Waals surface area contributed by atoms with Gasteiger partial charge in [-0.25, -0.2) is 0 Å². The Morgan fingerprint density at radius 3 is 3.00 bits per heavy atom. The smallest absolute Gasteiger partial charge is 0.323 e. The van der Waals surface area contributed by atoms with Crippen LogP contribution in [0.3, 0.4) is 0 Å². The molecule has 0 aliphatic carbocycles. The molecular formula is C11H11ClN2O3. The van der Waals surface area contributed by atoms with Crippen LogP contribution in [0.25, 0.3) is 0 Å². The van der Waals surface area contributed by atoms with Crippen molar-refractivity contribution in [3.63, 3.8) is 0 Å². The second-order valence-electron chi connectivity index (χ2n) is 3.75. The van der Waals surface area contributed by atoms with Crippen LogP contribution in [0, 0.1) is 0 Å². The summed E-state index contributed by atoms with van der Waals surface area (Å²) >= 11 is 5.99. The predicted molar refractivity (Wildman–Crippen MR) is 64.5 cm³/mol. The van der Waals surface area contributed by atoms with Crippen LogP contribution in [0.4, 0.5) is 11.4 Å². The van der Waals surface area contributed by atoms with E-state index in [9.17, 15) is 9.59 Å². The average molecular weight is 255 g/mol. The van der Waals surface area contributed by atoms with E-state index in [2.05, 4.69) is 5.32 Å². The van der Waals surface area contributed by atoms with Gasteiger partial charge in [-0.2, -0.15) is 0 Å². The van der Waals surface area contributed by atoms with Gasteiger partial charge in [0.2, 0.25) is 5.91 Å². The zero-order valence-corrected chi connectivity index (χ0v) is 9.70. The van der Waals surface area contributed by atoms with Gasteiger partial charge in [0.25, 0.3) is 0 Å². The van der Waals surface area contributed by atoms with E-state index in [0.717, 1.165) is 0 Å². The Balaban J connectivity index is 2.42. The number of hydrogen-bond donors (Lipinski definition) is 2. The van der Waals surface area contributed by atoms with Gasteiger partial charge in [0.15, 0.2) is 0 Å². The molecule has 1 aromatic rings. The molecule has 90 valence electrons. The fourth-order valence-electron chi connectivity index (χ4n) is 1.79. The molecule has 0 unspecified atom stereocenters. The fraction of sp³-hybridized carbons (Fsp3) is 0.273. The molecule has 1 heterocycles. The van der Waals surface area contributed by atoms with Gasteiger partial charge in [-0.3, -0.25) is 9.59 Å². The van der Waals surface area contributed by atoms with E-state index < -0.39 is 5.97 Å². The lowest BCUT2D eigenvalue weighted by Crippen LogP contribution is -2.30. The van der Waals surface area contributed by atoms with Crippen molar-refractivity contribution in [2.45, 2.75) is 6.42 Å². The minimum atomic E-state index is -0.940. The summed E-state index contributed by atoms with van der Waals surface area (Å²) in [6.07, 6.45) is 0.248. The quantitative estimate of drug-likeness (QED) is 0.841. The van der Waals surface area contributed by atoms with Gasteiger partial charge in [0.05, 0.1) is 16.4 Å². The molecule has 17 heavy (non-hydrogen) atoms. The van der Waals surface area contributed by atoms with Crippen molar-refractivity contribution >= 4 is 34.9 Å². The SMILES string of the molecule is O=C(O)CN1CCC(=O)Nc2c(Cl)cccc21. The Hall–Kier alpha value is -1.75. The van der Waals surface area contributed by atoms with Crippen molar-refractivity contribution in [2.75, 3.05) is 23.3 Å². The summed E-state index contributed by atoms with van der Waals surface area (Å²) in [6, 6.07) is 5.13. The van der Waals surface area contributed by atoms with Crippen molar-refractivity contribution in [1.29, 1.82) is 0 Å². The molecule has 1 amide bonds. The third-order valence-corrected chi connectivity index (χ3v) is 2.85. The van der Waals surface area contributed by atoms with E-state index in [1.54, 1.807) is 23.1 Å². The van der Waals surface area contributed by atoms with Crippen molar-refractivity contribution < 1.29 is 14.7 Å². The fourth-order valence-corrected chi connectivity index (χ4v) is 2.00. The number of halogens is 1. The number of hydrogen-bond acceptors (Lipinski definition) is 3. The monoisotopic (exact) mass is 254 g/mol. The Kier molecular flexibility index (Phi) is 3.19. The average Bonchev–Trinajstić information content (AvgIpc) is 2.40. The minimum Gasteiger partial charge on any atom is -0.480 e. The maximum Gasteiger partial charge on any atom is 0.323 e. The number of fused-ring (bicyclic) bond motifs is 1. The van der Waals surface area contributed by atoms with Gasteiger partial charge in [-0.15, -0.1) is 0 Å². The lowest BCUT2D eigenvalue weighted by atomic mass is 10.2. The van der Waals surface area contributed by atoms with Gasteiger partial charge in [-0.1, -0.05) is 17.7 Å². The number of amides is 1. The third kappa shape index (κ3) is 2.50. The number of carbonyl (C=O) groups is 2. The molecule has 0 spiro atoms. The highest BCUT2D eigenvalue weighted by Gasteiger charge is 2.22. The maximum absolute atomic E-state index is 11.5. The lowest BCUT2D eigenvalue weighted by Gasteiger charge is -2.22. The van der Waals surface area contributed by atoms with E-state index >= 15 is 0 Å². The molecule has 1 aliphatic rings. The highest BCUT2D eigenvalue weighted by molar-refractivity contribution is 6.34. The molecule has 1 aliphatic heterocycles. The summed E-state index contributed by atoms with van der Waals surface area (Å²) in [4.78, 5) is 23.9. The maximum atomic E-state index is 11.5. The van der Waals surface area contributed by atoms with Crippen LogP contribution < -0.4 is 10.2 Å². The molecule has 0 saturated carbocycles. The highest BCUT2D eigenvalue weighted by Crippen LogP contribution is 2.34. The van der Waals surface area contributed by atoms with Gasteiger partial charge in [-0.05, 0) is 12.1 Å². The number of aliphatic carboxylic acids is 1. The summed E-state index contributed by atoms with van der Waals surface area (Å²) in [7, 11) is 0. The number of para-hydroxylation sites is 1. The summed E-state index contributed by atoms with van der Waals surface area (Å²) in [5.41, 5.74) is 1.13. The zero-order chi connectivity index (χ0) is 12.4. The summed E-state index contributed by atoms with van der Waals surface area (Å²) in [6.45, 7) is 0.216. The first-order valence-electron chi connectivity index (χ1n) is 5.13. The Labute approximate surface area is 103 Å². The van der Waals surface area contributed by atoms with Crippen LogP contribution in [-0.4, -0.2) is 30.1 Å². The molecule has 0 saturated heterocycles.